The van der Waals surface area contributed by atoms with Crippen molar-refractivity contribution in [3.63, 3.8) is 0 Å². The molecule has 0 spiro atoms. The first kappa shape index (κ1) is 24.2. The van der Waals surface area contributed by atoms with Crippen LogP contribution in [0.3, 0.4) is 0 Å². The second-order valence-electron chi connectivity index (χ2n) is 8.37. The Morgan fingerprint density at radius 3 is 2.36 bits per heavy atom. The highest BCUT2D eigenvalue weighted by Gasteiger charge is 2.26. The minimum Gasteiger partial charge on any atom is -0.495 e. The zero-order chi connectivity index (χ0) is 24.2. The minimum absolute atomic E-state index is 0.0250. The molecule has 3 aromatic carbocycles. The van der Waals surface area contributed by atoms with E-state index in [1.807, 2.05) is 36.4 Å². The van der Waals surface area contributed by atoms with Crippen molar-refractivity contribution in [3.05, 3.63) is 66.2 Å². The number of carbonyl (C=O) groups is 2. The third kappa shape index (κ3) is 6.09. The van der Waals surface area contributed by atoms with Crippen LogP contribution >= 0.6 is 0 Å². The molecule has 3 aromatic rings. The molecule has 9 heteroatoms. The lowest BCUT2D eigenvalue weighted by Crippen LogP contribution is -2.40. The predicted octanol–water partition coefficient (Wildman–Crippen LogP) is 3.72. The van der Waals surface area contributed by atoms with Crippen LogP contribution in [0.15, 0.2) is 65.6 Å². The van der Waals surface area contributed by atoms with Gasteiger partial charge in [0.1, 0.15) is 10.6 Å². The Hall–Kier alpha value is -3.43. The van der Waals surface area contributed by atoms with Crippen LogP contribution in [-0.4, -0.2) is 39.5 Å². The molecule has 0 heterocycles. The van der Waals surface area contributed by atoms with Crippen molar-refractivity contribution in [1.29, 1.82) is 0 Å². The van der Waals surface area contributed by atoms with Crippen molar-refractivity contribution in [2.45, 2.75) is 31.2 Å². The Kier molecular flexibility index (Phi) is 7.04. The molecule has 0 aliphatic carbocycles. The van der Waals surface area contributed by atoms with Gasteiger partial charge in [0.25, 0.3) is 5.91 Å². The molecule has 0 aliphatic rings. The summed E-state index contributed by atoms with van der Waals surface area (Å²) in [4.78, 5) is 24.7. The molecule has 0 fully saturated rings. The smallest absolute Gasteiger partial charge is 0.338 e. The van der Waals surface area contributed by atoms with E-state index in [2.05, 4.69) is 10.0 Å². The summed E-state index contributed by atoms with van der Waals surface area (Å²) in [5.41, 5.74) is -0.164. The summed E-state index contributed by atoms with van der Waals surface area (Å²) in [5.74, 6) is -1.27. The molecule has 0 atom stereocenters. The molecule has 3 rings (SSSR count). The molecule has 0 bridgehead atoms. The molecular formula is C24H26N2O6S. The number of benzene rings is 3. The van der Waals surface area contributed by atoms with Gasteiger partial charge in [0.05, 0.1) is 12.7 Å². The van der Waals surface area contributed by atoms with Crippen LogP contribution in [0.5, 0.6) is 5.75 Å². The fourth-order valence-electron chi connectivity index (χ4n) is 3.21. The molecule has 8 nitrogen and oxygen atoms in total. The third-order valence-electron chi connectivity index (χ3n) is 4.53. The average Bonchev–Trinajstić information content (AvgIpc) is 2.75. The lowest BCUT2D eigenvalue weighted by atomic mass is 10.1. The van der Waals surface area contributed by atoms with Crippen LogP contribution in [0, 0.1) is 0 Å². The number of esters is 1. The fraction of sp³-hybridized carbons (Fsp3) is 0.250. The average molecular weight is 471 g/mol. The molecule has 2 N–H and O–H groups in total. The minimum atomic E-state index is -3.97. The molecule has 0 aliphatic heterocycles. The molecular weight excluding hydrogens is 444 g/mol. The summed E-state index contributed by atoms with van der Waals surface area (Å²) in [6.07, 6.45) is 0. The number of hydrogen-bond donors (Lipinski definition) is 2. The molecule has 0 saturated carbocycles. The first-order valence-electron chi connectivity index (χ1n) is 10.2. The lowest BCUT2D eigenvalue weighted by molar-refractivity contribution is -0.119. The number of carbonyl (C=O) groups excluding carboxylic acids is 2. The number of sulfonamides is 1. The van der Waals surface area contributed by atoms with E-state index in [1.54, 1.807) is 26.8 Å². The van der Waals surface area contributed by atoms with Crippen molar-refractivity contribution >= 4 is 38.4 Å². The van der Waals surface area contributed by atoms with Crippen molar-refractivity contribution in [1.82, 2.24) is 4.72 Å². The van der Waals surface area contributed by atoms with Gasteiger partial charge in [-0.3, -0.25) is 4.79 Å². The quantitative estimate of drug-likeness (QED) is 0.509. The second kappa shape index (κ2) is 9.60. The Morgan fingerprint density at radius 2 is 1.67 bits per heavy atom. The van der Waals surface area contributed by atoms with Gasteiger partial charge in [0, 0.05) is 16.6 Å². The van der Waals surface area contributed by atoms with E-state index < -0.39 is 34.0 Å². The van der Waals surface area contributed by atoms with E-state index >= 15 is 0 Å². The first-order chi connectivity index (χ1) is 15.5. The number of methoxy groups -OCH3 is 1. The SMILES string of the molecule is COc1ccc(C(=O)OCC(=O)Nc2cccc3ccccc23)cc1S(=O)(=O)NC(C)(C)C. The van der Waals surface area contributed by atoms with Gasteiger partial charge >= 0.3 is 5.97 Å². The number of ether oxygens (including phenoxy) is 2. The highest BCUT2D eigenvalue weighted by molar-refractivity contribution is 7.89. The number of amides is 1. The summed E-state index contributed by atoms with van der Waals surface area (Å²) >= 11 is 0. The van der Waals surface area contributed by atoms with Crippen molar-refractivity contribution in [2.75, 3.05) is 19.0 Å². The van der Waals surface area contributed by atoms with E-state index in [1.165, 1.54) is 19.2 Å². The third-order valence-corrected chi connectivity index (χ3v) is 6.31. The molecule has 0 saturated heterocycles. The van der Waals surface area contributed by atoms with Crippen LogP contribution < -0.4 is 14.8 Å². The van der Waals surface area contributed by atoms with E-state index in [0.29, 0.717) is 5.69 Å². The zero-order valence-corrected chi connectivity index (χ0v) is 19.7. The van der Waals surface area contributed by atoms with Crippen molar-refractivity contribution in [3.8, 4) is 5.75 Å². The maximum Gasteiger partial charge on any atom is 0.338 e. The van der Waals surface area contributed by atoms with E-state index in [0.717, 1.165) is 16.8 Å². The number of hydrogen-bond acceptors (Lipinski definition) is 6. The van der Waals surface area contributed by atoms with Crippen molar-refractivity contribution in [2.24, 2.45) is 0 Å². The van der Waals surface area contributed by atoms with Gasteiger partial charge in [-0.15, -0.1) is 0 Å². The molecule has 33 heavy (non-hydrogen) atoms. The number of rotatable bonds is 7. The summed E-state index contributed by atoms with van der Waals surface area (Å²) < 4.78 is 38.3. The van der Waals surface area contributed by atoms with E-state index in [9.17, 15) is 18.0 Å². The maximum absolute atomic E-state index is 12.8. The first-order valence-corrected chi connectivity index (χ1v) is 11.7. The molecule has 174 valence electrons. The number of nitrogens with one attached hydrogen (secondary N) is 2. The monoisotopic (exact) mass is 470 g/mol. The molecule has 0 aromatic heterocycles. The number of fused-ring (bicyclic) bond motifs is 1. The zero-order valence-electron chi connectivity index (χ0n) is 18.8. The van der Waals surface area contributed by atoms with Gasteiger partial charge in [-0.2, -0.15) is 0 Å². The fourth-order valence-corrected chi connectivity index (χ4v) is 4.82. The van der Waals surface area contributed by atoms with Crippen LogP contribution in [0.2, 0.25) is 0 Å². The Balaban J connectivity index is 1.73. The molecule has 1 amide bonds. The van der Waals surface area contributed by atoms with E-state index in [4.69, 9.17) is 9.47 Å². The highest BCUT2D eigenvalue weighted by atomic mass is 32.2. The van der Waals surface area contributed by atoms with Gasteiger partial charge in [-0.1, -0.05) is 36.4 Å². The number of anilines is 1. The predicted molar refractivity (Wildman–Crippen MR) is 126 cm³/mol. The normalized spacial score (nSPS) is 11.8. The molecule has 0 unspecified atom stereocenters. The van der Waals surface area contributed by atoms with Gasteiger partial charge < -0.3 is 14.8 Å². The van der Waals surface area contributed by atoms with Crippen molar-refractivity contribution < 1.29 is 27.5 Å². The Bertz CT molecular complexity index is 1290. The summed E-state index contributed by atoms with van der Waals surface area (Å²) in [5, 5.41) is 4.55. The van der Waals surface area contributed by atoms with Gasteiger partial charge in [-0.05, 0) is 50.4 Å². The summed E-state index contributed by atoms with van der Waals surface area (Å²) in [7, 11) is -2.64. The standard InChI is InChI=1S/C24H26N2O6S/c1-24(2,3)26-33(29,30)21-14-17(12-13-20(21)31-4)23(28)32-15-22(27)25-19-11-7-9-16-8-5-6-10-18(16)19/h5-14,26H,15H2,1-4H3,(H,25,27). The largest absolute Gasteiger partial charge is 0.495 e. The highest BCUT2D eigenvalue weighted by Crippen LogP contribution is 2.26. The summed E-state index contributed by atoms with van der Waals surface area (Å²) in [6, 6.07) is 17.0. The van der Waals surface area contributed by atoms with Gasteiger partial charge in [0.2, 0.25) is 10.0 Å². The Morgan fingerprint density at radius 1 is 0.970 bits per heavy atom. The van der Waals surface area contributed by atoms with Crippen LogP contribution in [0.25, 0.3) is 10.8 Å². The van der Waals surface area contributed by atoms with Crippen LogP contribution in [-0.2, 0) is 19.6 Å². The Labute approximate surface area is 193 Å². The maximum atomic E-state index is 12.8. The van der Waals surface area contributed by atoms with E-state index in [-0.39, 0.29) is 16.2 Å². The van der Waals surface area contributed by atoms with Gasteiger partial charge in [0.15, 0.2) is 6.61 Å². The van der Waals surface area contributed by atoms with Gasteiger partial charge in [-0.25, -0.2) is 17.9 Å². The topological polar surface area (TPSA) is 111 Å². The molecule has 0 radical (unpaired) electrons. The summed E-state index contributed by atoms with van der Waals surface area (Å²) in [6.45, 7) is 4.56. The lowest BCUT2D eigenvalue weighted by Gasteiger charge is -2.21. The van der Waals surface area contributed by atoms with Crippen LogP contribution in [0.1, 0.15) is 31.1 Å². The van der Waals surface area contributed by atoms with Crippen LogP contribution in [0.4, 0.5) is 5.69 Å². The second-order valence-corrected chi connectivity index (χ2v) is 10.0.